The summed E-state index contributed by atoms with van der Waals surface area (Å²) in [7, 11) is 3.12. The predicted molar refractivity (Wildman–Crippen MR) is 93.6 cm³/mol. The highest BCUT2D eigenvalue weighted by atomic mass is 19.1. The third kappa shape index (κ3) is 3.56. The zero-order chi connectivity index (χ0) is 18.7. The van der Waals surface area contributed by atoms with Crippen LogP contribution < -0.4 is 14.8 Å². The van der Waals surface area contributed by atoms with Crippen LogP contribution in [-0.4, -0.2) is 31.7 Å². The third-order valence-corrected chi connectivity index (χ3v) is 4.48. The summed E-state index contributed by atoms with van der Waals surface area (Å²) in [6.45, 7) is 0.516. The van der Waals surface area contributed by atoms with Crippen molar-refractivity contribution < 1.29 is 23.0 Å². The zero-order valence-corrected chi connectivity index (χ0v) is 14.6. The van der Waals surface area contributed by atoms with E-state index in [0.717, 1.165) is 36.6 Å². The molecule has 0 aliphatic carbocycles. The van der Waals surface area contributed by atoms with Crippen LogP contribution in [0.1, 0.15) is 24.4 Å². The molecular weight excluding hydrogens is 342 g/mol. The minimum Gasteiger partial charge on any atom is -0.497 e. The lowest BCUT2D eigenvalue weighted by atomic mass is 10.0. The first-order valence-electron chi connectivity index (χ1n) is 8.28. The lowest BCUT2D eigenvalue weighted by molar-refractivity contribution is 0.206. The molecule has 2 aromatic carbocycles. The van der Waals surface area contributed by atoms with Crippen molar-refractivity contribution in [1.82, 2.24) is 4.90 Å². The Morgan fingerprint density at radius 1 is 1.15 bits per heavy atom. The molecule has 0 radical (unpaired) electrons. The number of anilines is 1. The summed E-state index contributed by atoms with van der Waals surface area (Å²) >= 11 is 0. The Balaban J connectivity index is 1.84. The molecule has 0 aromatic heterocycles. The molecule has 1 fully saturated rings. The molecule has 1 aliphatic rings. The topological polar surface area (TPSA) is 50.8 Å². The monoisotopic (exact) mass is 362 g/mol. The summed E-state index contributed by atoms with van der Waals surface area (Å²) in [4.78, 5) is 14.3. The van der Waals surface area contributed by atoms with Gasteiger partial charge in [-0.25, -0.2) is 13.6 Å². The average molecular weight is 362 g/mol. The highest BCUT2D eigenvalue weighted by Crippen LogP contribution is 2.39. The molecule has 1 saturated heterocycles. The molecule has 26 heavy (non-hydrogen) atoms. The van der Waals surface area contributed by atoms with Gasteiger partial charge in [0.1, 0.15) is 23.1 Å². The molecule has 0 saturated carbocycles. The number of rotatable bonds is 4. The number of benzene rings is 2. The number of carbonyl (C=O) groups excluding carboxylic acids is 1. The van der Waals surface area contributed by atoms with Gasteiger partial charge in [0.15, 0.2) is 0 Å². The van der Waals surface area contributed by atoms with Crippen LogP contribution in [0.2, 0.25) is 0 Å². The first kappa shape index (κ1) is 18.0. The highest BCUT2D eigenvalue weighted by Gasteiger charge is 2.32. The number of halogens is 2. The smallest absolute Gasteiger partial charge is 0.322 e. The Bertz CT molecular complexity index is 813. The number of nitrogens with zero attached hydrogens (tertiary/aromatic N) is 1. The maximum atomic E-state index is 13.8. The van der Waals surface area contributed by atoms with Gasteiger partial charge in [-0.15, -0.1) is 0 Å². The minimum atomic E-state index is -0.683. The van der Waals surface area contributed by atoms with Crippen molar-refractivity contribution in [2.24, 2.45) is 0 Å². The molecule has 2 amide bonds. The van der Waals surface area contributed by atoms with Gasteiger partial charge in [-0.2, -0.15) is 0 Å². The predicted octanol–water partition coefficient (Wildman–Crippen LogP) is 4.35. The van der Waals surface area contributed by atoms with E-state index < -0.39 is 17.7 Å². The van der Waals surface area contributed by atoms with Crippen LogP contribution in [0.4, 0.5) is 19.3 Å². The van der Waals surface area contributed by atoms with Crippen LogP contribution in [0, 0.1) is 11.6 Å². The molecule has 1 atom stereocenters. The second-order valence-electron chi connectivity index (χ2n) is 6.01. The largest absolute Gasteiger partial charge is 0.497 e. The first-order valence-corrected chi connectivity index (χ1v) is 8.28. The molecular formula is C19H20F2N2O3. The molecule has 1 heterocycles. The Morgan fingerprint density at radius 2 is 1.96 bits per heavy atom. The summed E-state index contributed by atoms with van der Waals surface area (Å²) in [5.41, 5.74) is 0.669. The van der Waals surface area contributed by atoms with Gasteiger partial charge in [-0.05, 0) is 37.1 Å². The third-order valence-electron chi connectivity index (χ3n) is 4.48. The summed E-state index contributed by atoms with van der Waals surface area (Å²) in [6.07, 6.45) is 1.56. The van der Waals surface area contributed by atoms with Gasteiger partial charge in [0.25, 0.3) is 0 Å². The Hall–Kier alpha value is -2.83. The number of carbonyl (C=O) groups is 1. The molecule has 0 spiro atoms. The second-order valence-corrected chi connectivity index (χ2v) is 6.01. The van der Waals surface area contributed by atoms with Crippen molar-refractivity contribution in [3.8, 4) is 11.5 Å². The van der Waals surface area contributed by atoms with Crippen molar-refractivity contribution >= 4 is 11.7 Å². The number of methoxy groups -OCH3 is 2. The lowest BCUT2D eigenvalue weighted by Gasteiger charge is -2.27. The summed E-state index contributed by atoms with van der Waals surface area (Å²) in [5, 5.41) is 2.46. The SMILES string of the molecule is COc1ccc(C2CCCN2C(=O)Nc2cc(F)ccc2F)c(OC)c1. The second kappa shape index (κ2) is 7.59. The number of hydrogen-bond donors (Lipinski definition) is 1. The van der Waals surface area contributed by atoms with Crippen LogP contribution in [0.15, 0.2) is 36.4 Å². The fourth-order valence-electron chi connectivity index (χ4n) is 3.21. The number of hydrogen-bond acceptors (Lipinski definition) is 3. The van der Waals surface area contributed by atoms with E-state index in [-0.39, 0.29) is 11.7 Å². The van der Waals surface area contributed by atoms with E-state index in [9.17, 15) is 13.6 Å². The molecule has 5 nitrogen and oxygen atoms in total. The lowest BCUT2D eigenvalue weighted by Crippen LogP contribution is -2.34. The summed E-state index contributed by atoms with van der Waals surface area (Å²) < 4.78 is 37.8. The molecule has 2 aromatic rings. The maximum Gasteiger partial charge on any atom is 0.322 e. The van der Waals surface area contributed by atoms with Gasteiger partial charge < -0.3 is 19.7 Å². The summed E-state index contributed by atoms with van der Waals surface area (Å²) in [5.74, 6) is -0.0264. The van der Waals surface area contributed by atoms with Gasteiger partial charge in [0.2, 0.25) is 0 Å². The van der Waals surface area contributed by atoms with Crippen molar-refractivity contribution in [3.63, 3.8) is 0 Å². The van der Waals surface area contributed by atoms with Gasteiger partial charge in [0.05, 0.1) is 25.9 Å². The van der Waals surface area contributed by atoms with E-state index in [1.165, 1.54) is 0 Å². The van der Waals surface area contributed by atoms with Gasteiger partial charge >= 0.3 is 6.03 Å². The zero-order valence-electron chi connectivity index (χ0n) is 14.6. The van der Waals surface area contributed by atoms with Crippen molar-refractivity contribution in [1.29, 1.82) is 0 Å². The van der Waals surface area contributed by atoms with Gasteiger partial charge in [0, 0.05) is 24.2 Å². The number of urea groups is 1. The van der Waals surface area contributed by atoms with E-state index >= 15 is 0 Å². The van der Waals surface area contributed by atoms with E-state index in [1.54, 1.807) is 31.3 Å². The van der Waals surface area contributed by atoms with Crippen LogP contribution in [-0.2, 0) is 0 Å². The van der Waals surface area contributed by atoms with Crippen LogP contribution in [0.5, 0.6) is 11.5 Å². The fraction of sp³-hybridized carbons (Fsp3) is 0.316. The molecule has 0 bridgehead atoms. The number of ether oxygens (including phenoxy) is 2. The standard InChI is InChI=1S/C19H20F2N2O3/c1-25-13-6-7-14(18(11-13)26-2)17-4-3-9-23(17)19(24)22-16-10-12(20)5-8-15(16)21/h5-8,10-11,17H,3-4,9H2,1-2H3,(H,22,24). The maximum absolute atomic E-state index is 13.8. The number of nitrogens with one attached hydrogen (secondary N) is 1. The van der Waals surface area contributed by atoms with Crippen molar-refractivity contribution in [3.05, 3.63) is 53.6 Å². The number of amides is 2. The van der Waals surface area contributed by atoms with Gasteiger partial charge in [-0.1, -0.05) is 0 Å². The molecule has 1 N–H and O–H groups in total. The minimum absolute atomic E-state index is 0.178. The molecule has 3 rings (SSSR count). The number of likely N-dealkylation sites (tertiary alicyclic amines) is 1. The van der Waals surface area contributed by atoms with E-state index in [1.807, 2.05) is 6.07 Å². The molecule has 138 valence electrons. The molecule has 1 unspecified atom stereocenters. The van der Waals surface area contributed by atoms with E-state index in [2.05, 4.69) is 5.32 Å². The van der Waals surface area contributed by atoms with Crippen LogP contribution in [0.3, 0.4) is 0 Å². The highest BCUT2D eigenvalue weighted by molar-refractivity contribution is 5.90. The quantitative estimate of drug-likeness (QED) is 0.880. The first-order chi connectivity index (χ1) is 12.5. The fourth-order valence-corrected chi connectivity index (χ4v) is 3.21. The molecule has 7 heteroatoms. The van der Waals surface area contributed by atoms with Crippen molar-refractivity contribution in [2.45, 2.75) is 18.9 Å². The Kier molecular flexibility index (Phi) is 5.25. The Morgan fingerprint density at radius 3 is 2.69 bits per heavy atom. The van der Waals surface area contributed by atoms with Crippen molar-refractivity contribution in [2.75, 3.05) is 26.1 Å². The van der Waals surface area contributed by atoms with Crippen LogP contribution in [0.25, 0.3) is 0 Å². The average Bonchev–Trinajstić information content (AvgIpc) is 3.13. The van der Waals surface area contributed by atoms with Crippen LogP contribution >= 0.6 is 0 Å². The van der Waals surface area contributed by atoms with E-state index in [4.69, 9.17) is 9.47 Å². The summed E-state index contributed by atoms with van der Waals surface area (Å²) in [6, 6.07) is 7.68. The Labute approximate surface area is 150 Å². The molecule has 1 aliphatic heterocycles. The normalized spacial score (nSPS) is 16.5. The van der Waals surface area contributed by atoms with E-state index in [0.29, 0.717) is 18.0 Å². The van der Waals surface area contributed by atoms with Gasteiger partial charge in [-0.3, -0.25) is 0 Å².